The third-order valence-electron chi connectivity index (χ3n) is 7.89. The summed E-state index contributed by atoms with van der Waals surface area (Å²) < 4.78 is 70.9. The first-order chi connectivity index (χ1) is 22.7. The van der Waals surface area contributed by atoms with Gasteiger partial charge in [0.05, 0.1) is 50.3 Å². The van der Waals surface area contributed by atoms with Gasteiger partial charge >= 0.3 is 0 Å². The SMILES string of the molecule is BrC[C@@H]1OC[C@@H]2O[C@H](CSCCSC[C@@H]3OC[C@@H]4O[C@H](CSCCSC[C@@H]5OC[C@@H]6O[C@H](CBr)OC[C@@H]6O5)OC[C@@H]4O3)OC[C@@H]2O1. The number of rotatable bonds is 16. The Hall–Kier alpha value is 1.88. The van der Waals surface area contributed by atoms with E-state index in [0.29, 0.717) is 50.3 Å². The topological polar surface area (TPSA) is 111 Å². The van der Waals surface area contributed by atoms with E-state index in [9.17, 15) is 0 Å². The molecular formula is C28H44Br2O12S4. The Kier molecular flexibility index (Phi) is 16.5. The molecule has 18 heteroatoms. The number of thioether (sulfide) groups is 4. The van der Waals surface area contributed by atoms with Crippen molar-refractivity contribution in [1.29, 1.82) is 0 Å². The van der Waals surface area contributed by atoms with Gasteiger partial charge in [0, 0.05) is 46.0 Å². The standard InChI is InChI=1S/C28H44Br2O12S4/c29-5-23-31-7-19-17(37-23)9-33-25(39-19)13-43-1-3-45-15-27-35-11-22-21(41-27)12-36-28(42-22)16-46-4-2-44-14-26-34-10-18-20(40-26)8-32-24(6-30)38-18/h17-28H,1-16H2/t17-,18-,19-,20-,21-,22-,23+,24+,25+,26+,27+,28+/m0/s1. The summed E-state index contributed by atoms with van der Waals surface area (Å²) >= 11 is 14.1. The number of hydrogen-bond acceptors (Lipinski definition) is 16. The minimum Gasteiger partial charge on any atom is -0.349 e. The third-order valence-corrected chi connectivity index (χ3v) is 13.5. The summed E-state index contributed by atoms with van der Waals surface area (Å²) in [6.45, 7) is 3.23. The second-order valence-corrected chi connectivity index (χ2v) is 17.1. The molecule has 6 heterocycles. The Morgan fingerprint density at radius 1 is 0.348 bits per heavy atom. The smallest absolute Gasteiger partial charge is 0.167 e. The summed E-state index contributed by atoms with van der Waals surface area (Å²) in [4.78, 5) is 0. The molecule has 12 atom stereocenters. The highest BCUT2D eigenvalue weighted by Crippen LogP contribution is 2.29. The zero-order valence-corrected chi connectivity index (χ0v) is 32.0. The Morgan fingerprint density at radius 2 is 0.565 bits per heavy atom. The first-order valence-electron chi connectivity index (χ1n) is 15.7. The fourth-order valence-corrected chi connectivity index (χ4v) is 10.2. The van der Waals surface area contributed by atoms with Crippen LogP contribution >= 0.6 is 78.9 Å². The lowest BCUT2D eigenvalue weighted by atomic mass is 10.2. The zero-order valence-electron chi connectivity index (χ0n) is 25.5. The fraction of sp³-hybridized carbons (Fsp3) is 1.00. The minimum absolute atomic E-state index is 0.0583. The van der Waals surface area contributed by atoms with E-state index in [0.717, 1.165) is 46.0 Å². The molecule has 0 aromatic carbocycles. The fourth-order valence-electron chi connectivity index (χ4n) is 5.49. The van der Waals surface area contributed by atoms with Gasteiger partial charge in [0.25, 0.3) is 0 Å². The van der Waals surface area contributed by atoms with Gasteiger partial charge < -0.3 is 56.8 Å². The largest absolute Gasteiger partial charge is 0.349 e. The van der Waals surface area contributed by atoms with Crippen molar-refractivity contribution >= 4 is 78.9 Å². The van der Waals surface area contributed by atoms with Crippen LogP contribution in [0.1, 0.15) is 0 Å². The molecule has 0 unspecified atom stereocenters. The van der Waals surface area contributed by atoms with Crippen LogP contribution < -0.4 is 0 Å². The number of ether oxygens (including phenoxy) is 12. The van der Waals surface area contributed by atoms with Gasteiger partial charge in [-0.1, -0.05) is 31.9 Å². The van der Waals surface area contributed by atoms with E-state index >= 15 is 0 Å². The Bertz CT molecular complexity index is 826. The first-order valence-corrected chi connectivity index (χ1v) is 22.6. The third kappa shape index (κ3) is 11.4. The lowest BCUT2D eigenvalue weighted by Gasteiger charge is -2.41. The predicted octanol–water partition coefficient (Wildman–Crippen LogP) is 3.16. The molecule has 0 saturated carbocycles. The predicted molar refractivity (Wildman–Crippen MR) is 185 cm³/mol. The Morgan fingerprint density at radius 3 is 0.804 bits per heavy atom. The van der Waals surface area contributed by atoms with Crippen LogP contribution in [0.4, 0.5) is 0 Å². The van der Waals surface area contributed by atoms with E-state index in [2.05, 4.69) is 31.9 Å². The maximum absolute atomic E-state index is 6.15. The molecule has 0 spiro atoms. The van der Waals surface area contributed by atoms with Crippen molar-refractivity contribution in [1.82, 2.24) is 0 Å². The van der Waals surface area contributed by atoms with Gasteiger partial charge in [-0.3, -0.25) is 0 Å². The van der Waals surface area contributed by atoms with Crippen LogP contribution in [-0.4, -0.2) is 171 Å². The normalized spacial score (nSPS) is 41.3. The molecule has 6 saturated heterocycles. The number of hydrogen-bond donors (Lipinski definition) is 0. The average Bonchev–Trinajstić information content (AvgIpc) is 3.10. The van der Waals surface area contributed by atoms with E-state index in [4.69, 9.17) is 56.8 Å². The lowest BCUT2D eigenvalue weighted by molar-refractivity contribution is -0.326. The van der Waals surface area contributed by atoms with E-state index in [-0.39, 0.29) is 74.4 Å². The van der Waals surface area contributed by atoms with Gasteiger partial charge in [-0.15, -0.1) is 0 Å². The second-order valence-electron chi connectivity index (χ2n) is 11.2. The molecule has 0 radical (unpaired) electrons. The Labute approximate surface area is 304 Å². The van der Waals surface area contributed by atoms with Gasteiger partial charge in [-0.2, -0.15) is 47.0 Å². The van der Waals surface area contributed by atoms with Crippen LogP contribution in [0.2, 0.25) is 0 Å². The van der Waals surface area contributed by atoms with Gasteiger partial charge in [-0.05, 0) is 0 Å². The summed E-state index contributed by atoms with van der Waals surface area (Å²) in [5, 5.41) is 1.30. The average molecular weight is 861 g/mol. The molecule has 12 nitrogen and oxygen atoms in total. The van der Waals surface area contributed by atoms with Crippen molar-refractivity contribution in [2.75, 3.05) is 96.3 Å². The summed E-state index contributed by atoms with van der Waals surface area (Å²) in [6.07, 6.45) is -1.80. The van der Waals surface area contributed by atoms with Crippen LogP contribution in [-0.2, 0) is 56.8 Å². The van der Waals surface area contributed by atoms with Crippen molar-refractivity contribution in [3.8, 4) is 0 Å². The lowest BCUT2D eigenvalue weighted by Crippen LogP contribution is -2.54. The van der Waals surface area contributed by atoms with Gasteiger partial charge in [0.2, 0.25) is 0 Å². The molecule has 6 aliphatic rings. The maximum atomic E-state index is 6.15. The highest BCUT2D eigenvalue weighted by Gasteiger charge is 2.41. The highest BCUT2D eigenvalue weighted by molar-refractivity contribution is 9.09. The minimum atomic E-state index is -0.240. The van der Waals surface area contributed by atoms with Crippen molar-refractivity contribution in [2.24, 2.45) is 0 Å². The molecule has 0 aliphatic carbocycles. The van der Waals surface area contributed by atoms with Gasteiger partial charge in [0.15, 0.2) is 37.7 Å². The summed E-state index contributed by atoms with van der Waals surface area (Å²) in [6, 6.07) is 0. The van der Waals surface area contributed by atoms with E-state index in [1.54, 1.807) is 0 Å². The summed E-state index contributed by atoms with van der Waals surface area (Å²) in [7, 11) is 0. The molecule has 0 bridgehead atoms. The maximum Gasteiger partial charge on any atom is 0.167 e. The molecule has 46 heavy (non-hydrogen) atoms. The summed E-state index contributed by atoms with van der Waals surface area (Å²) in [5.41, 5.74) is 0. The van der Waals surface area contributed by atoms with E-state index in [1.807, 2.05) is 47.0 Å². The quantitative estimate of drug-likeness (QED) is 0.167. The van der Waals surface area contributed by atoms with Crippen LogP contribution in [0.3, 0.4) is 0 Å². The number of halogens is 2. The monoisotopic (exact) mass is 858 g/mol. The van der Waals surface area contributed by atoms with Crippen LogP contribution in [0.25, 0.3) is 0 Å². The molecule has 0 amide bonds. The molecule has 266 valence electrons. The van der Waals surface area contributed by atoms with Crippen molar-refractivity contribution < 1.29 is 56.8 Å². The van der Waals surface area contributed by atoms with E-state index < -0.39 is 0 Å². The zero-order chi connectivity index (χ0) is 31.6. The molecular weight excluding hydrogens is 816 g/mol. The molecule has 0 N–H and O–H groups in total. The van der Waals surface area contributed by atoms with E-state index in [1.165, 1.54) is 0 Å². The number of alkyl halides is 2. The molecule has 0 aromatic rings. The summed E-state index contributed by atoms with van der Waals surface area (Å²) in [5.74, 6) is 7.11. The molecule has 6 rings (SSSR count). The highest BCUT2D eigenvalue weighted by atomic mass is 79.9. The molecule has 6 aliphatic heterocycles. The first kappa shape index (κ1) is 37.6. The van der Waals surface area contributed by atoms with Crippen LogP contribution in [0, 0.1) is 0 Å². The van der Waals surface area contributed by atoms with Crippen molar-refractivity contribution in [2.45, 2.75) is 74.4 Å². The van der Waals surface area contributed by atoms with Gasteiger partial charge in [0.1, 0.15) is 36.6 Å². The van der Waals surface area contributed by atoms with Crippen molar-refractivity contribution in [3.05, 3.63) is 0 Å². The Balaban J connectivity index is 0.744. The van der Waals surface area contributed by atoms with Gasteiger partial charge in [-0.25, -0.2) is 0 Å². The molecule has 6 fully saturated rings. The second kappa shape index (κ2) is 20.2. The number of fused-ring (bicyclic) bond motifs is 3. The van der Waals surface area contributed by atoms with Crippen LogP contribution in [0.15, 0.2) is 0 Å². The van der Waals surface area contributed by atoms with Crippen molar-refractivity contribution in [3.63, 3.8) is 0 Å². The van der Waals surface area contributed by atoms with Crippen LogP contribution in [0.5, 0.6) is 0 Å². The molecule has 0 aromatic heterocycles.